The molecule has 19 heavy (non-hydrogen) atoms. The Labute approximate surface area is 115 Å². The van der Waals surface area contributed by atoms with Gasteiger partial charge in [0.05, 0.1) is 13.2 Å². The lowest BCUT2D eigenvalue weighted by atomic mass is 10.1. The van der Waals surface area contributed by atoms with Crippen molar-refractivity contribution in [3.05, 3.63) is 35.9 Å². The molecule has 4 heteroatoms. The Bertz CT molecular complexity index is 381. The summed E-state index contributed by atoms with van der Waals surface area (Å²) in [7, 11) is 3.59. The molecule has 0 saturated carbocycles. The van der Waals surface area contributed by atoms with Crippen molar-refractivity contribution in [2.24, 2.45) is 0 Å². The second-order valence-electron chi connectivity index (χ2n) is 4.93. The number of nitrogens with one attached hydrogen (secondary N) is 1. The van der Waals surface area contributed by atoms with Gasteiger partial charge in [0.2, 0.25) is 5.91 Å². The molecule has 0 aliphatic heterocycles. The van der Waals surface area contributed by atoms with Gasteiger partial charge in [-0.25, -0.2) is 0 Å². The maximum absolute atomic E-state index is 11.9. The lowest BCUT2D eigenvalue weighted by molar-refractivity contribution is -0.123. The summed E-state index contributed by atoms with van der Waals surface area (Å²) in [6.07, 6.45) is 0. The molecular weight excluding hydrogens is 240 g/mol. The van der Waals surface area contributed by atoms with Crippen LogP contribution in [-0.2, 0) is 9.53 Å². The van der Waals surface area contributed by atoms with Gasteiger partial charge in [-0.1, -0.05) is 30.3 Å². The van der Waals surface area contributed by atoms with Gasteiger partial charge in [0.1, 0.15) is 0 Å². The topological polar surface area (TPSA) is 41.6 Å². The molecule has 0 spiro atoms. The summed E-state index contributed by atoms with van der Waals surface area (Å²) in [5, 5.41) is 2.91. The molecule has 4 nitrogen and oxygen atoms in total. The lowest BCUT2D eigenvalue weighted by Crippen LogP contribution is -2.42. The summed E-state index contributed by atoms with van der Waals surface area (Å²) in [6.45, 7) is 4.94. The monoisotopic (exact) mass is 264 g/mol. The molecule has 0 heterocycles. The van der Waals surface area contributed by atoms with E-state index in [0.717, 1.165) is 0 Å². The molecule has 0 aliphatic rings. The van der Waals surface area contributed by atoms with E-state index in [2.05, 4.69) is 24.4 Å². The molecule has 0 radical (unpaired) electrons. The van der Waals surface area contributed by atoms with E-state index in [4.69, 9.17) is 4.74 Å². The first-order valence-corrected chi connectivity index (χ1v) is 6.58. The van der Waals surface area contributed by atoms with Crippen LogP contribution in [0.25, 0.3) is 0 Å². The highest BCUT2D eigenvalue weighted by Gasteiger charge is 2.15. The van der Waals surface area contributed by atoms with E-state index in [9.17, 15) is 4.79 Å². The second-order valence-corrected chi connectivity index (χ2v) is 4.93. The van der Waals surface area contributed by atoms with Gasteiger partial charge >= 0.3 is 0 Å². The Morgan fingerprint density at radius 2 is 1.95 bits per heavy atom. The summed E-state index contributed by atoms with van der Waals surface area (Å²) < 4.78 is 5.00. The molecule has 0 saturated heterocycles. The van der Waals surface area contributed by atoms with Crippen LogP contribution in [0.3, 0.4) is 0 Å². The Kier molecular flexibility index (Phi) is 6.53. The number of carbonyl (C=O) groups is 1. The van der Waals surface area contributed by atoms with Crippen LogP contribution >= 0.6 is 0 Å². The van der Waals surface area contributed by atoms with Crippen LogP contribution in [-0.4, -0.2) is 44.2 Å². The van der Waals surface area contributed by atoms with E-state index in [1.54, 1.807) is 7.11 Å². The van der Waals surface area contributed by atoms with Crippen molar-refractivity contribution in [2.75, 3.05) is 27.3 Å². The first-order chi connectivity index (χ1) is 9.04. The molecule has 1 amide bonds. The predicted octanol–water partition coefficient (Wildman–Crippen LogP) is 1.83. The second kappa shape index (κ2) is 7.92. The fraction of sp³-hybridized carbons (Fsp3) is 0.533. The quantitative estimate of drug-likeness (QED) is 0.817. The molecule has 0 bridgehead atoms. The van der Waals surface area contributed by atoms with E-state index in [1.165, 1.54) is 5.56 Å². The third-order valence-corrected chi connectivity index (χ3v) is 3.16. The third-order valence-electron chi connectivity index (χ3n) is 3.16. The van der Waals surface area contributed by atoms with Crippen LogP contribution < -0.4 is 5.32 Å². The van der Waals surface area contributed by atoms with Crippen molar-refractivity contribution < 1.29 is 9.53 Å². The van der Waals surface area contributed by atoms with Crippen LogP contribution in [0.15, 0.2) is 30.3 Å². The van der Waals surface area contributed by atoms with Gasteiger partial charge < -0.3 is 10.1 Å². The molecule has 0 fully saturated rings. The summed E-state index contributed by atoms with van der Waals surface area (Å²) >= 11 is 0. The molecule has 2 atom stereocenters. The van der Waals surface area contributed by atoms with Gasteiger partial charge in [-0.05, 0) is 26.5 Å². The number of methoxy groups -OCH3 is 1. The van der Waals surface area contributed by atoms with Gasteiger partial charge in [0, 0.05) is 19.2 Å². The Hall–Kier alpha value is -1.39. The Morgan fingerprint density at radius 1 is 1.32 bits per heavy atom. The van der Waals surface area contributed by atoms with Gasteiger partial charge in [0.15, 0.2) is 0 Å². The fourth-order valence-electron chi connectivity index (χ4n) is 1.96. The van der Waals surface area contributed by atoms with Crippen LogP contribution in [0, 0.1) is 0 Å². The predicted molar refractivity (Wildman–Crippen MR) is 77.0 cm³/mol. The number of ether oxygens (including phenoxy) is 1. The number of rotatable bonds is 7. The first-order valence-electron chi connectivity index (χ1n) is 6.58. The zero-order valence-corrected chi connectivity index (χ0v) is 12.2. The molecule has 0 aromatic heterocycles. The fourth-order valence-corrected chi connectivity index (χ4v) is 1.96. The number of carbonyl (C=O) groups excluding carboxylic acids is 1. The molecule has 1 rings (SSSR count). The number of hydrogen-bond donors (Lipinski definition) is 1. The maximum atomic E-state index is 11.9. The summed E-state index contributed by atoms with van der Waals surface area (Å²) in [5.74, 6) is 0.0230. The zero-order valence-electron chi connectivity index (χ0n) is 12.2. The Balaban J connectivity index is 2.46. The van der Waals surface area contributed by atoms with E-state index < -0.39 is 0 Å². The highest BCUT2D eigenvalue weighted by atomic mass is 16.5. The van der Waals surface area contributed by atoms with Crippen molar-refractivity contribution >= 4 is 5.91 Å². The van der Waals surface area contributed by atoms with Crippen LogP contribution in [0.4, 0.5) is 0 Å². The molecular formula is C15H24N2O2. The van der Waals surface area contributed by atoms with Crippen molar-refractivity contribution in [3.8, 4) is 0 Å². The highest BCUT2D eigenvalue weighted by Crippen LogP contribution is 2.17. The molecule has 2 unspecified atom stereocenters. The molecule has 1 aromatic carbocycles. The summed E-state index contributed by atoms with van der Waals surface area (Å²) in [4.78, 5) is 13.9. The van der Waals surface area contributed by atoms with Crippen LogP contribution in [0.2, 0.25) is 0 Å². The number of benzene rings is 1. The molecule has 0 aliphatic carbocycles. The highest BCUT2D eigenvalue weighted by molar-refractivity contribution is 5.78. The SMILES string of the molecule is COCC(C)NC(=O)CN(C)C(C)c1ccccc1. The van der Waals surface area contributed by atoms with E-state index in [0.29, 0.717) is 13.2 Å². The average Bonchev–Trinajstić information content (AvgIpc) is 2.38. The number of hydrogen-bond acceptors (Lipinski definition) is 3. The summed E-state index contributed by atoms with van der Waals surface area (Å²) in [6, 6.07) is 10.4. The van der Waals surface area contributed by atoms with E-state index in [1.807, 2.05) is 37.1 Å². The first kappa shape index (κ1) is 15.7. The number of amides is 1. The maximum Gasteiger partial charge on any atom is 0.234 e. The van der Waals surface area contributed by atoms with E-state index >= 15 is 0 Å². The van der Waals surface area contributed by atoms with Gasteiger partial charge in [-0.15, -0.1) is 0 Å². The molecule has 1 aromatic rings. The minimum Gasteiger partial charge on any atom is -0.383 e. The zero-order chi connectivity index (χ0) is 14.3. The Morgan fingerprint density at radius 3 is 2.53 bits per heavy atom. The van der Waals surface area contributed by atoms with Gasteiger partial charge in [-0.3, -0.25) is 9.69 Å². The van der Waals surface area contributed by atoms with Crippen molar-refractivity contribution in [2.45, 2.75) is 25.9 Å². The lowest BCUT2D eigenvalue weighted by Gasteiger charge is -2.25. The minimum absolute atomic E-state index is 0.0230. The van der Waals surface area contributed by atoms with Crippen molar-refractivity contribution in [1.82, 2.24) is 10.2 Å². The van der Waals surface area contributed by atoms with Crippen LogP contribution in [0.1, 0.15) is 25.5 Å². The minimum atomic E-state index is 0.0230. The van der Waals surface area contributed by atoms with Gasteiger partial charge in [0.25, 0.3) is 0 Å². The normalized spacial score (nSPS) is 14.2. The standard InChI is InChI=1S/C15H24N2O2/c1-12(11-19-4)16-15(18)10-17(3)13(2)14-8-6-5-7-9-14/h5-9,12-13H,10-11H2,1-4H3,(H,16,18). The largest absolute Gasteiger partial charge is 0.383 e. The van der Waals surface area contributed by atoms with Crippen molar-refractivity contribution in [3.63, 3.8) is 0 Å². The third kappa shape index (κ3) is 5.41. The van der Waals surface area contributed by atoms with Crippen molar-refractivity contribution in [1.29, 1.82) is 0 Å². The molecule has 1 N–H and O–H groups in total. The van der Waals surface area contributed by atoms with E-state index in [-0.39, 0.29) is 18.0 Å². The number of likely N-dealkylation sites (N-methyl/N-ethyl adjacent to an activating group) is 1. The average molecular weight is 264 g/mol. The van der Waals surface area contributed by atoms with Crippen LogP contribution in [0.5, 0.6) is 0 Å². The molecule has 106 valence electrons. The number of nitrogens with zero attached hydrogens (tertiary/aromatic N) is 1. The summed E-state index contributed by atoms with van der Waals surface area (Å²) in [5.41, 5.74) is 1.21. The smallest absolute Gasteiger partial charge is 0.234 e. The van der Waals surface area contributed by atoms with Gasteiger partial charge in [-0.2, -0.15) is 0 Å².